The van der Waals surface area contributed by atoms with Crippen molar-refractivity contribution in [2.45, 2.75) is 31.8 Å². The predicted molar refractivity (Wildman–Crippen MR) is 70.3 cm³/mol. The van der Waals surface area contributed by atoms with E-state index in [4.69, 9.17) is 0 Å². The fourth-order valence-corrected chi connectivity index (χ4v) is 2.98. The van der Waals surface area contributed by atoms with Gasteiger partial charge in [0, 0.05) is 19.2 Å². The molecule has 0 saturated heterocycles. The Hall–Kier alpha value is -1.61. The molecule has 0 spiro atoms. The third-order valence-corrected chi connectivity index (χ3v) is 3.90. The van der Waals surface area contributed by atoms with Crippen molar-refractivity contribution in [3.63, 3.8) is 0 Å². The molecule has 1 heterocycles. The molecule has 3 nitrogen and oxygen atoms in total. The molecule has 0 aliphatic heterocycles. The Morgan fingerprint density at radius 2 is 2.17 bits per heavy atom. The minimum absolute atomic E-state index is 0.640. The molecule has 1 N–H and O–H groups in total. The number of hydrogen-bond acceptors (Lipinski definition) is 2. The molecule has 2 aromatic rings. The van der Waals surface area contributed by atoms with Crippen LogP contribution in [0.15, 0.2) is 30.3 Å². The zero-order valence-electron chi connectivity index (χ0n) is 10.8. The van der Waals surface area contributed by atoms with Gasteiger partial charge in [-0.3, -0.25) is 4.68 Å². The van der Waals surface area contributed by atoms with E-state index in [1.54, 1.807) is 0 Å². The lowest BCUT2D eigenvalue weighted by Crippen LogP contribution is -2.26. The lowest BCUT2D eigenvalue weighted by Gasteiger charge is -2.24. The maximum atomic E-state index is 10.9. The first kappa shape index (κ1) is 11.5. The molecule has 0 bridgehead atoms. The zero-order chi connectivity index (χ0) is 12.8. The van der Waals surface area contributed by atoms with Crippen LogP contribution in [0, 0.1) is 6.92 Å². The van der Waals surface area contributed by atoms with Gasteiger partial charge in [-0.15, -0.1) is 0 Å². The number of aryl methyl sites for hydroxylation is 3. The normalized spacial score (nSPS) is 22.2. The molecule has 0 amide bonds. The van der Waals surface area contributed by atoms with E-state index in [0.29, 0.717) is 6.42 Å². The lowest BCUT2D eigenvalue weighted by atomic mass is 9.91. The molecule has 18 heavy (non-hydrogen) atoms. The third-order valence-electron chi connectivity index (χ3n) is 3.90. The summed E-state index contributed by atoms with van der Waals surface area (Å²) >= 11 is 0. The van der Waals surface area contributed by atoms with Gasteiger partial charge in [0.15, 0.2) is 0 Å². The van der Waals surface area contributed by atoms with Crippen LogP contribution in [0.25, 0.3) is 0 Å². The quantitative estimate of drug-likeness (QED) is 0.876. The number of nitrogens with zero attached hydrogens (tertiary/aromatic N) is 2. The van der Waals surface area contributed by atoms with Gasteiger partial charge in [0.05, 0.1) is 11.3 Å². The average Bonchev–Trinajstić information content (AvgIpc) is 2.82. The van der Waals surface area contributed by atoms with Crippen molar-refractivity contribution < 1.29 is 5.11 Å². The van der Waals surface area contributed by atoms with Gasteiger partial charge in [-0.2, -0.15) is 5.10 Å². The largest absolute Gasteiger partial charge is 0.385 e. The molecule has 3 heteroatoms. The van der Waals surface area contributed by atoms with E-state index in [-0.39, 0.29) is 0 Å². The third kappa shape index (κ3) is 1.75. The monoisotopic (exact) mass is 242 g/mol. The van der Waals surface area contributed by atoms with Crippen molar-refractivity contribution in [1.82, 2.24) is 9.78 Å². The first-order chi connectivity index (χ1) is 8.58. The highest BCUT2D eigenvalue weighted by molar-refractivity contribution is 5.38. The van der Waals surface area contributed by atoms with Crippen molar-refractivity contribution in [3.05, 3.63) is 52.8 Å². The number of fused-ring (bicyclic) bond motifs is 1. The summed E-state index contributed by atoms with van der Waals surface area (Å²) in [5.74, 6) is 0. The molecule has 0 radical (unpaired) electrons. The van der Waals surface area contributed by atoms with E-state index in [1.807, 2.05) is 36.9 Å². The summed E-state index contributed by atoms with van der Waals surface area (Å²) in [5, 5.41) is 15.2. The summed E-state index contributed by atoms with van der Waals surface area (Å²) in [6.07, 6.45) is 2.40. The number of rotatable bonds is 2. The van der Waals surface area contributed by atoms with Gasteiger partial charge < -0.3 is 5.11 Å². The SMILES string of the molecule is Cc1cc(CC2(O)CCc3ccccc32)n(C)n1. The van der Waals surface area contributed by atoms with Crippen LogP contribution < -0.4 is 0 Å². The van der Waals surface area contributed by atoms with Crippen molar-refractivity contribution in [3.8, 4) is 0 Å². The predicted octanol–water partition coefficient (Wildman–Crippen LogP) is 2.11. The average molecular weight is 242 g/mol. The topological polar surface area (TPSA) is 38.0 Å². The van der Waals surface area contributed by atoms with Crippen LogP contribution in [-0.4, -0.2) is 14.9 Å². The second-order valence-electron chi connectivity index (χ2n) is 5.27. The van der Waals surface area contributed by atoms with Gasteiger partial charge in [-0.05, 0) is 37.0 Å². The molecule has 0 saturated carbocycles. The van der Waals surface area contributed by atoms with Gasteiger partial charge in [0.1, 0.15) is 0 Å². The second kappa shape index (κ2) is 3.95. The number of benzene rings is 1. The number of hydrogen-bond donors (Lipinski definition) is 1. The summed E-state index contributed by atoms with van der Waals surface area (Å²) in [5.41, 5.74) is 3.73. The van der Waals surface area contributed by atoms with Crippen LogP contribution in [0.5, 0.6) is 0 Å². The molecule has 1 unspecified atom stereocenters. The maximum absolute atomic E-state index is 10.9. The van der Waals surface area contributed by atoms with Gasteiger partial charge >= 0.3 is 0 Å². The van der Waals surface area contributed by atoms with Crippen molar-refractivity contribution in [1.29, 1.82) is 0 Å². The first-order valence-corrected chi connectivity index (χ1v) is 6.39. The smallest absolute Gasteiger partial charge is 0.0957 e. The zero-order valence-corrected chi connectivity index (χ0v) is 10.8. The van der Waals surface area contributed by atoms with Crippen LogP contribution in [0.4, 0.5) is 0 Å². The van der Waals surface area contributed by atoms with Gasteiger partial charge in [-0.25, -0.2) is 0 Å². The highest BCUT2D eigenvalue weighted by atomic mass is 16.3. The first-order valence-electron chi connectivity index (χ1n) is 6.39. The molecule has 1 atom stereocenters. The molecule has 0 fully saturated rings. The van der Waals surface area contributed by atoms with Gasteiger partial charge in [-0.1, -0.05) is 24.3 Å². The minimum atomic E-state index is -0.725. The van der Waals surface area contributed by atoms with Crippen LogP contribution in [0.2, 0.25) is 0 Å². The second-order valence-corrected chi connectivity index (χ2v) is 5.27. The fourth-order valence-electron chi connectivity index (χ4n) is 2.98. The molecular formula is C15H18N2O. The Bertz CT molecular complexity index is 588. The van der Waals surface area contributed by atoms with E-state index in [1.165, 1.54) is 5.56 Å². The molecular weight excluding hydrogens is 224 g/mol. The summed E-state index contributed by atoms with van der Waals surface area (Å²) in [6.45, 7) is 1.98. The molecule has 1 aliphatic rings. The van der Waals surface area contributed by atoms with Crippen LogP contribution in [0.3, 0.4) is 0 Å². The van der Waals surface area contributed by atoms with Crippen LogP contribution >= 0.6 is 0 Å². The molecule has 1 aromatic carbocycles. The Morgan fingerprint density at radius 1 is 1.39 bits per heavy atom. The van der Waals surface area contributed by atoms with Crippen molar-refractivity contribution in [2.75, 3.05) is 0 Å². The number of aromatic nitrogens is 2. The maximum Gasteiger partial charge on any atom is 0.0957 e. The highest BCUT2D eigenvalue weighted by Gasteiger charge is 2.37. The minimum Gasteiger partial charge on any atom is -0.385 e. The Balaban J connectivity index is 1.96. The van der Waals surface area contributed by atoms with E-state index >= 15 is 0 Å². The van der Waals surface area contributed by atoms with E-state index < -0.39 is 5.60 Å². The Morgan fingerprint density at radius 3 is 2.89 bits per heavy atom. The van der Waals surface area contributed by atoms with Crippen molar-refractivity contribution >= 4 is 0 Å². The van der Waals surface area contributed by atoms with E-state index in [9.17, 15) is 5.11 Å². The molecule has 3 rings (SSSR count). The van der Waals surface area contributed by atoms with Crippen LogP contribution in [-0.2, 0) is 25.5 Å². The van der Waals surface area contributed by atoms with Gasteiger partial charge in [0.25, 0.3) is 0 Å². The highest BCUT2D eigenvalue weighted by Crippen LogP contribution is 2.39. The molecule has 1 aliphatic carbocycles. The summed E-state index contributed by atoms with van der Waals surface area (Å²) < 4.78 is 1.87. The summed E-state index contributed by atoms with van der Waals surface area (Å²) in [7, 11) is 1.94. The lowest BCUT2D eigenvalue weighted by molar-refractivity contribution is 0.0371. The Kier molecular flexibility index (Phi) is 2.52. The van der Waals surface area contributed by atoms with Crippen molar-refractivity contribution in [2.24, 2.45) is 7.05 Å². The molecule has 1 aromatic heterocycles. The Labute approximate surface area is 107 Å². The summed E-state index contributed by atoms with van der Waals surface area (Å²) in [6, 6.07) is 10.3. The fraction of sp³-hybridized carbons (Fsp3) is 0.400. The van der Waals surface area contributed by atoms with E-state index in [0.717, 1.165) is 29.8 Å². The molecule has 94 valence electrons. The standard InChI is InChI=1S/C15H18N2O/c1-11-9-13(17(2)16-11)10-15(18)8-7-12-5-3-4-6-14(12)15/h3-6,9,18H,7-8,10H2,1-2H3. The van der Waals surface area contributed by atoms with Gasteiger partial charge in [0.2, 0.25) is 0 Å². The van der Waals surface area contributed by atoms with Crippen LogP contribution in [0.1, 0.15) is 28.9 Å². The summed E-state index contributed by atoms with van der Waals surface area (Å²) in [4.78, 5) is 0. The number of aliphatic hydroxyl groups is 1. The van der Waals surface area contributed by atoms with E-state index in [2.05, 4.69) is 17.2 Å².